The minimum atomic E-state index is -1.83. The third-order valence-electron chi connectivity index (χ3n) is 12.3. The van der Waals surface area contributed by atoms with E-state index in [4.69, 9.17) is 28.4 Å². The molecule has 0 spiro atoms. The van der Waals surface area contributed by atoms with Gasteiger partial charge in [0.2, 0.25) is 0 Å². The Kier molecular flexibility index (Phi) is 15.4. The third-order valence-corrected chi connectivity index (χ3v) is 12.3. The Morgan fingerprint density at radius 2 is 1.57 bits per heavy atom. The Balaban J connectivity index is 2.19. The average molecular weight is 765 g/mol. The highest BCUT2D eigenvalue weighted by Crippen LogP contribution is 2.40. The fourth-order valence-electron chi connectivity index (χ4n) is 8.84. The van der Waals surface area contributed by atoms with Crippen LogP contribution in [0.5, 0.6) is 0 Å². The lowest BCUT2D eigenvalue weighted by atomic mass is 9.77. The molecule has 18 atom stereocenters. The maximum Gasteiger partial charge on any atom is 0.311 e. The maximum atomic E-state index is 14.2. The zero-order valence-corrected chi connectivity index (χ0v) is 34.6. The van der Waals surface area contributed by atoms with Crippen LogP contribution in [0.15, 0.2) is 0 Å². The van der Waals surface area contributed by atoms with E-state index >= 15 is 0 Å². The number of carbonyl (C=O) groups is 1. The van der Waals surface area contributed by atoms with Gasteiger partial charge >= 0.3 is 5.97 Å². The number of ether oxygens (including phenoxy) is 6. The van der Waals surface area contributed by atoms with Gasteiger partial charge in [-0.1, -0.05) is 20.8 Å². The molecule has 3 aliphatic rings. The number of methoxy groups -OCH3 is 1. The smallest absolute Gasteiger partial charge is 0.311 e. The summed E-state index contributed by atoms with van der Waals surface area (Å²) >= 11 is 0. The van der Waals surface area contributed by atoms with E-state index in [1.807, 2.05) is 18.9 Å². The van der Waals surface area contributed by atoms with E-state index in [1.54, 1.807) is 55.4 Å². The van der Waals surface area contributed by atoms with Crippen molar-refractivity contribution in [2.24, 2.45) is 17.8 Å². The second kappa shape index (κ2) is 17.6. The number of likely N-dealkylation sites (N-methyl/N-ethyl adjacent to an activating group) is 2. The SMILES string of the molecule is CC[C@@H]1OC(=O)[C@H](C)[C@H](O[C@@H]2C[C@](C)(OC)[C@H](O)[C@H](C)O2)[C@@H](C)[C@H](O[C@@H]2O[C@H](C)C[C@H]([N+](C)(C)[O-])[C@H]2O)[C@](C)(O)C[C@H](C)CN(C)[C@H](C)[C@@H](O)[C@@]1(C)O. The van der Waals surface area contributed by atoms with Gasteiger partial charge in [0.05, 0.1) is 55.6 Å². The van der Waals surface area contributed by atoms with Crippen molar-refractivity contribution in [2.75, 3.05) is 34.8 Å². The van der Waals surface area contributed by atoms with Gasteiger partial charge in [-0.2, -0.15) is 0 Å². The molecule has 0 aliphatic carbocycles. The second-order valence-electron chi connectivity index (χ2n) is 17.6. The molecule has 0 bridgehead atoms. The Labute approximate surface area is 317 Å². The molecule has 0 unspecified atom stereocenters. The molecule has 5 N–H and O–H groups in total. The normalized spacial score (nSPS) is 49.1. The molecular formula is C38H72N2O13. The average Bonchev–Trinajstić information content (AvgIpc) is 3.05. The molecule has 3 fully saturated rings. The molecule has 3 aliphatic heterocycles. The summed E-state index contributed by atoms with van der Waals surface area (Å²) in [6.07, 6.45) is -9.60. The van der Waals surface area contributed by atoms with Crippen LogP contribution in [0, 0.1) is 23.0 Å². The fourth-order valence-corrected chi connectivity index (χ4v) is 8.84. The first-order valence-electron chi connectivity index (χ1n) is 19.3. The molecule has 15 heteroatoms. The van der Waals surface area contributed by atoms with E-state index in [1.165, 1.54) is 28.1 Å². The molecule has 53 heavy (non-hydrogen) atoms. The van der Waals surface area contributed by atoms with Gasteiger partial charge in [0, 0.05) is 38.5 Å². The summed E-state index contributed by atoms with van der Waals surface area (Å²) in [4.78, 5) is 16.1. The summed E-state index contributed by atoms with van der Waals surface area (Å²) in [5.74, 6) is -2.80. The van der Waals surface area contributed by atoms with Gasteiger partial charge in [0.1, 0.15) is 30.0 Å². The topological polar surface area (TPSA) is 200 Å². The van der Waals surface area contributed by atoms with Crippen LogP contribution in [-0.2, 0) is 33.2 Å². The predicted octanol–water partition coefficient (Wildman–Crippen LogP) is 1.91. The molecule has 0 aromatic rings. The first-order valence-corrected chi connectivity index (χ1v) is 19.3. The van der Waals surface area contributed by atoms with E-state index in [0.717, 1.165) is 0 Å². The first-order chi connectivity index (χ1) is 24.2. The van der Waals surface area contributed by atoms with Crippen LogP contribution < -0.4 is 0 Å². The zero-order valence-electron chi connectivity index (χ0n) is 34.6. The zero-order chi connectivity index (χ0) is 40.6. The monoisotopic (exact) mass is 765 g/mol. The van der Waals surface area contributed by atoms with Gasteiger partial charge in [-0.25, -0.2) is 0 Å². The van der Waals surface area contributed by atoms with Crippen molar-refractivity contribution >= 4 is 5.97 Å². The highest BCUT2D eigenvalue weighted by atomic mass is 16.7. The number of hydrogen-bond acceptors (Lipinski definition) is 14. The Hall–Kier alpha value is -1.05. The summed E-state index contributed by atoms with van der Waals surface area (Å²) in [6.45, 7) is 17.6. The van der Waals surface area contributed by atoms with Crippen molar-refractivity contribution < 1.29 is 63.4 Å². The van der Waals surface area contributed by atoms with Crippen LogP contribution >= 0.6 is 0 Å². The summed E-state index contributed by atoms with van der Waals surface area (Å²) in [5.41, 5.74) is -4.51. The van der Waals surface area contributed by atoms with Crippen LogP contribution in [0.1, 0.15) is 94.9 Å². The van der Waals surface area contributed by atoms with E-state index in [-0.39, 0.29) is 25.2 Å². The number of quaternary nitrogens is 1. The van der Waals surface area contributed by atoms with E-state index in [2.05, 4.69) is 0 Å². The Morgan fingerprint density at radius 1 is 0.962 bits per heavy atom. The summed E-state index contributed by atoms with van der Waals surface area (Å²) in [6, 6.07) is -1.34. The number of aliphatic hydroxyl groups excluding tert-OH is 3. The number of hydroxylamine groups is 3. The number of cyclic esters (lactones) is 1. The molecule has 3 saturated heterocycles. The molecule has 0 radical (unpaired) electrons. The minimum absolute atomic E-state index is 0.0990. The maximum absolute atomic E-state index is 14.2. The summed E-state index contributed by atoms with van der Waals surface area (Å²) in [7, 11) is 6.21. The first kappa shape index (κ1) is 46.3. The molecule has 0 aromatic heterocycles. The number of nitrogens with zero attached hydrogens (tertiary/aromatic N) is 2. The Morgan fingerprint density at radius 3 is 2.11 bits per heavy atom. The highest BCUT2D eigenvalue weighted by molar-refractivity contribution is 5.73. The fraction of sp³-hybridized carbons (Fsp3) is 0.974. The number of carbonyl (C=O) groups excluding carboxylic acids is 1. The lowest BCUT2D eigenvalue weighted by Crippen LogP contribution is -2.62. The third kappa shape index (κ3) is 10.5. The van der Waals surface area contributed by atoms with Crippen molar-refractivity contribution in [2.45, 2.75) is 185 Å². The van der Waals surface area contributed by atoms with Gasteiger partial charge in [-0.3, -0.25) is 4.79 Å². The highest BCUT2D eigenvalue weighted by Gasteiger charge is 2.53. The van der Waals surface area contributed by atoms with Crippen molar-refractivity contribution in [3.8, 4) is 0 Å². The number of aliphatic hydroxyl groups is 5. The van der Waals surface area contributed by atoms with Crippen LogP contribution in [0.4, 0.5) is 0 Å². The van der Waals surface area contributed by atoms with Crippen molar-refractivity contribution in [1.82, 2.24) is 4.90 Å². The van der Waals surface area contributed by atoms with Gasteiger partial charge < -0.3 is 68.7 Å². The largest absolute Gasteiger partial charge is 0.633 e. The molecule has 15 nitrogen and oxygen atoms in total. The van der Waals surface area contributed by atoms with Crippen LogP contribution in [0.25, 0.3) is 0 Å². The van der Waals surface area contributed by atoms with Crippen LogP contribution in [0.3, 0.4) is 0 Å². The molecule has 0 aromatic carbocycles. The molecule has 3 heterocycles. The summed E-state index contributed by atoms with van der Waals surface area (Å²) in [5, 5.41) is 71.3. The minimum Gasteiger partial charge on any atom is -0.633 e. The Bertz CT molecular complexity index is 1190. The van der Waals surface area contributed by atoms with Gasteiger partial charge in [-0.15, -0.1) is 0 Å². The standard InChI is InChI=1S/C38H72N2O13/c1-15-27-38(10,46)31(42)24(6)39(11)19-20(2)17-36(8,45)33(53-35-29(41)26(40(12,13)47)16-21(3)49-35)22(4)30(23(5)34(44)51-27)52-28-18-37(9,48-14)32(43)25(7)50-28/h20-33,35,41-43,45-46H,15-19H2,1-14H3/t20-,21+,22+,23+,24+,25-,26-,27-,28+,29+,30+,31+,32+,33-,35-,36+,37-,38-/m0/s1. The van der Waals surface area contributed by atoms with Crippen LogP contribution in [0.2, 0.25) is 0 Å². The number of rotatable bonds is 7. The van der Waals surface area contributed by atoms with Crippen LogP contribution in [-0.4, -0.2) is 166 Å². The molecule has 0 saturated carbocycles. The van der Waals surface area contributed by atoms with Gasteiger partial charge in [0.15, 0.2) is 18.7 Å². The van der Waals surface area contributed by atoms with Crippen molar-refractivity contribution in [3.05, 3.63) is 5.21 Å². The van der Waals surface area contributed by atoms with Gasteiger partial charge in [0.25, 0.3) is 0 Å². The molecule has 3 rings (SSSR count). The molecular weight excluding hydrogens is 692 g/mol. The van der Waals surface area contributed by atoms with Gasteiger partial charge in [-0.05, 0) is 74.3 Å². The quantitative estimate of drug-likeness (QED) is 0.143. The lowest BCUT2D eigenvalue weighted by molar-refractivity contribution is -0.874. The van der Waals surface area contributed by atoms with Crippen molar-refractivity contribution in [1.29, 1.82) is 0 Å². The lowest BCUT2D eigenvalue weighted by Gasteiger charge is -2.51. The van der Waals surface area contributed by atoms with E-state index < -0.39 is 113 Å². The van der Waals surface area contributed by atoms with E-state index in [9.17, 15) is 35.5 Å². The number of esters is 1. The second-order valence-corrected chi connectivity index (χ2v) is 17.6. The molecule has 0 amide bonds. The van der Waals surface area contributed by atoms with Crippen molar-refractivity contribution in [3.63, 3.8) is 0 Å². The number of hydrogen-bond donors (Lipinski definition) is 5. The summed E-state index contributed by atoms with van der Waals surface area (Å²) < 4.78 is 36.5. The van der Waals surface area contributed by atoms with E-state index in [0.29, 0.717) is 13.0 Å². The predicted molar refractivity (Wildman–Crippen MR) is 196 cm³/mol. The molecule has 312 valence electrons.